The molecule has 2 aromatic rings. The van der Waals surface area contributed by atoms with Gasteiger partial charge in [-0.05, 0) is 37.5 Å². The molecule has 7 nitrogen and oxygen atoms in total. The molecule has 2 N–H and O–H groups in total. The zero-order valence-electron chi connectivity index (χ0n) is 14.1. The van der Waals surface area contributed by atoms with Crippen LogP contribution >= 0.6 is 0 Å². The second-order valence-electron chi connectivity index (χ2n) is 6.79. The Morgan fingerprint density at radius 2 is 2.12 bits per heavy atom. The first kappa shape index (κ1) is 15.8. The maximum atomic E-state index is 12.7. The molecule has 130 valence electrons. The molecule has 1 aliphatic carbocycles. The third kappa shape index (κ3) is 3.26. The topological polar surface area (TPSA) is 88.9 Å². The highest BCUT2D eigenvalue weighted by Gasteiger charge is 2.33. The van der Waals surface area contributed by atoms with Gasteiger partial charge in [-0.1, -0.05) is 0 Å². The van der Waals surface area contributed by atoms with Crippen molar-refractivity contribution in [1.29, 1.82) is 0 Å². The minimum atomic E-state index is -0.276. The van der Waals surface area contributed by atoms with E-state index in [9.17, 15) is 9.59 Å². The molecule has 2 aromatic heterocycles. The van der Waals surface area contributed by atoms with E-state index in [2.05, 4.69) is 20.7 Å². The highest BCUT2D eigenvalue weighted by atomic mass is 16.2. The lowest BCUT2D eigenvalue weighted by molar-refractivity contribution is -0.123. The van der Waals surface area contributed by atoms with Crippen LogP contribution in [0.5, 0.6) is 0 Å². The summed E-state index contributed by atoms with van der Waals surface area (Å²) in [6, 6.07) is 5.04. The fraction of sp³-hybridized carbons (Fsp3) is 0.444. The highest BCUT2D eigenvalue weighted by Crippen LogP contribution is 2.39. The van der Waals surface area contributed by atoms with E-state index < -0.39 is 0 Å². The van der Waals surface area contributed by atoms with Gasteiger partial charge in [0.25, 0.3) is 5.91 Å². The van der Waals surface area contributed by atoms with Crippen molar-refractivity contribution in [3.63, 3.8) is 0 Å². The maximum Gasteiger partial charge on any atom is 0.251 e. The molecule has 2 atom stereocenters. The molecule has 0 aromatic carbocycles. The second-order valence-corrected chi connectivity index (χ2v) is 6.79. The standard InChI is InChI=1S/C18H21N5O2/c1-23-15(7-9-20-23)17-13(4-5-16(24)22-17)21-18(25)12-6-8-19-14(10-12)11-2-3-11/h6-11,13,17H,2-5H2,1H3,(H,21,25)(H,22,24)/t13-,17-/m1/s1. The number of carbonyl (C=O) groups excluding carboxylic acids is 2. The number of pyridine rings is 1. The van der Waals surface area contributed by atoms with Crippen LogP contribution in [0, 0.1) is 0 Å². The van der Waals surface area contributed by atoms with Crippen molar-refractivity contribution in [1.82, 2.24) is 25.4 Å². The molecule has 0 bridgehead atoms. The first-order valence-corrected chi connectivity index (χ1v) is 8.66. The van der Waals surface area contributed by atoms with E-state index >= 15 is 0 Å². The van der Waals surface area contributed by atoms with Gasteiger partial charge in [-0.3, -0.25) is 19.3 Å². The van der Waals surface area contributed by atoms with Gasteiger partial charge in [-0.15, -0.1) is 0 Å². The molecule has 25 heavy (non-hydrogen) atoms. The van der Waals surface area contributed by atoms with Crippen molar-refractivity contribution in [2.75, 3.05) is 0 Å². The Morgan fingerprint density at radius 1 is 1.28 bits per heavy atom. The van der Waals surface area contributed by atoms with E-state index in [-0.39, 0.29) is 23.9 Å². The first-order chi connectivity index (χ1) is 12.1. The largest absolute Gasteiger partial charge is 0.347 e. The van der Waals surface area contributed by atoms with Gasteiger partial charge in [-0.25, -0.2) is 0 Å². The lowest BCUT2D eigenvalue weighted by Crippen LogP contribution is -2.50. The van der Waals surface area contributed by atoms with Crippen LogP contribution in [0.4, 0.5) is 0 Å². The van der Waals surface area contributed by atoms with Crippen LogP contribution in [-0.2, 0) is 11.8 Å². The van der Waals surface area contributed by atoms with Crippen molar-refractivity contribution in [3.8, 4) is 0 Å². The van der Waals surface area contributed by atoms with Crippen molar-refractivity contribution in [3.05, 3.63) is 47.5 Å². The number of aromatic nitrogens is 3. The molecule has 2 amide bonds. The summed E-state index contributed by atoms with van der Waals surface area (Å²) in [5.74, 6) is 0.373. The number of piperidine rings is 1. The van der Waals surface area contributed by atoms with Gasteiger partial charge in [0.1, 0.15) is 0 Å². The van der Waals surface area contributed by atoms with Crippen LogP contribution in [-0.4, -0.2) is 32.6 Å². The number of aryl methyl sites for hydroxylation is 1. The van der Waals surface area contributed by atoms with Crippen molar-refractivity contribution < 1.29 is 9.59 Å². The van der Waals surface area contributed by atoms with Crippen LogP contribution in [0.25, 0.3) is 0 Å². The van der Waals surface area contributed by atoms with Crippen molar-refractivity contribution >= 4 is 11.8 Å². The molecule has 2 fully saturated rings. The maximum absolute atomic E-state index is 12.7. The fourth-order valence-corrected chi connectivity index (χ4v) is 3.37. The third-order valence-electron chi connectivity index (χ3n) is 4.93. The molecule has 7 heteroatoms. The number of nitrogens with zero attached hydrogens (tertiary/aromatic N) is 3. The average molecular weight is 339 g/mol. The van der Waals surface area contributed by atoms with Crippen LogP contribution < -0.4 is 10.6 Å². The Kier molecular flexibility index (Phi) is 3.99. The summed E-state index contributed by atoms with van der Waals surface area (Å²) in [7, 11) is 1.83. The van der Waals surface area contributed by atoms with Crippen LogP contribution in [0.2, 0.25) is 0 Å². The van der Waals surface area contributed by atoms with Crippen LogP contribution in [0.3, 0.4) is 0 Å². The van der Waals surface area contributed by atoms with Crippen LogP contribution in [0.15, 0.2) is 30.6 Å². The summed E-state index contributed by atoms with van der Waals surface area (Å²) in [6.45, 7) is 0. The number of hydrogen-bond acceptors (Lipinski definition) is 4. The highest BCUT2D eigenvalue weighted by molar-refractivity contribution is 5.94. The summed E-state index contributed by atoms with van der Waals surface area (Å²) in [5, 5.41) is 10.2. The lowest BCUT2D eigenvalue weighted by atomic mass is 9.95. The number of hydrogen-bond donors (Lipinski definition) is 2. The Labute approximate surface area is 145 Å². The predicted octanol–water partition coefficient (Wildman–Crippen LogP) is 1.44. The van der Waals surface area contributed by atoms with Gasteiger partial charge in [0.05, 0.1) is 17.8 Å². The number of carbonyl (C=O) groups is 2. The smallest absolute Gasteiger partial charge is 0.251 e. The molecule has 0 unspecified atom stereocenters. The molecule has 0 spiro atoms. The van der Waals surface area contributed by atoms with E-state index in [1.54, 1.807) is 23.1 Å². The Balaban J connectivity index is 1.53. The predicted molar refractivity (Wildman–Crippen MR) is 90.8 cm³/mol. The molecule has 1 saturated carbocycles. The molecule has 4 rings (SSSR count). The molecule has 1 saturated heterocycles. The van der Waals surface area contributed by atoms with Crippen molar-refractivity contribution in [2.24, 2.45) is 7.05 Å². The SMILES string of the molecule is Cn1nccc1[C@@H]1NC(=O)CC[C@H]1NC(=O)c1ccnc(C2CC2)c1. The minimum absolute atomic E-state index is 0.00312. The van der Waals surface area contributed by atoms with Crippen LogP contribution in [0.1, 0.15) is 59.4 Å². The summed E-state index contributed by atoms with van der Waals surface area (Å²) >= 11 is 0. The molecule has 3 heterocycles. The zero-order valence-corrected chi connectivity index (χ0v) is 14.1. The van der Waals surface area contributed by atoms with E-state index in [0.717, 1.165) is 24.2 Å². The zero-order chi connectivity index (χ0) is 17.4. The number of amides is 2. The lowest BCUT2D eigenvalue weighted by Gasteiger charge is -2.32. The molecular formula is C18H21N5O2. The summed E-state index contributed by atoms with van der Waals surface area (Å²) in [5.41, 5.74) is 2.50. The van der Waals surface area contributed by atoms with Gasteiger partial charge >= 0.3 is 0 Å². The van der Waals surface area contributed by atoms with E-state index in [1.165, 1.54) is 0 Å². The second kappa shape index (κ2) is 6.31. The normalized spacial score (nSPS) is 23.2. The molecular weight excluding hydrogens is 318 g/mol. The van der Waals surface area contributed by atoms with Gasteiger partial charge in [-0.2, -0.15) is 5.10 Å². The third-order valence-corrected chi connectivity index (χ3v) is 4.93. The van der Waals surface area contributed by atoms with Gasteiger partial charge in [0.15, 0.2) is 0 Å². The summed E-state index contributed by atoms with van der Waals surface area (Å²) in [6.07, 6.45) is 6.70. The fourth-order valence-electron chi connectivity index (χ4n) is 3.37. The average Bonchev–Trinajstić information content (AvgIpc) is 3.38. The molecule has 2 aliphatic rings. The van der Waals surface area contributed by atoms with Gasteiger partial charge < -0.3 is 10.6 Å². The summed E-state index contributed by atoms with van der Waals surface area (Å²) in [4.78, 5) is 28.9. The number of nitrogens with one attached hydrogen (secondary N) is 2. The van der Waals surface area contributed by atoms with Gasteiger partial charge in [0.2, 0.25) is 5.91 Å². The minimum Gasteiger partial charge on any atom is -0.347 e. The molecule has 1 aliphatic heterocycles. The van der Waals surface area contributed by atoms with E-state index in [4.69, 9.17) is 0 Å². The molecule has 0 radical (unpaired) electrons. The Morgan fingerprint density at radius 3 is 2.84 bits per heavy atom. The van der Waals surface area contributed by atoms with E-state index in [1.807, 2.05) is 19.2 Å². The Bertz CT molecular complexity index is 811. The first-order valence-electron chi connectivity index (χ1n) is 8.66. The summed E-state index contributed by atoms with van der Waals surface area (Å²) < 4.78 is 1.73. The quantitative estimate of drug-likeness (QED) is 0.882. The van der Waals surface area contributed by atoms with Gasteiger partial charge in [0, 0.05) is 43.0 Å². The Hall–Kier alpha value is -2.70. The van der Waals surface area contributed by atoms with Crippen molar-refractivity contribution in [2.45, 2.75) is 43.7 Å². The monoisotopic (exact) mass is 339 g/mol. The van der Waals surface area contributed by atoms with E-state index in [0.29, 0.717) is 24.3 Å². The number of rotatable bonds is 4.